The Morgan fingerprint density at radius 2 is 1.70 bits per heavy atom. The van der Waals surface area contributed by atoms with Crippen LogP contribution in [0.5, 0.6) is 0 Å². The Labute approximate surface area is 191 Å². The van der Waals surface area contributed by atoms with E-state index in [0.29, 0.717) is 30.4 Å². The van der Waals surface area contributed by atoms with E-state index >= 15 is 0 Å². The lowest BCUT2D eigenvalue weighted by Crippen LogP contribution is -2.49. The lowest BCUT2D eigenvalue weighted by atomic mass is 10.1. The molecule has 0 aliphatic carbocycles. The van der Waals surface area contributed by atoms with E-state index in [1.807, 2.05) is 11.8 Å². The van der Waals surface area contributed by atoms with Crippen molar-refractivity contribution >= 4 is 17.6 Å². The van der Waals surface area contributed by atoms with Crippen molar-refractivity contribution in [3.05, 3.63) is 59.3 Å². The molecule has 1 saturated heterocycles. The van der Waals surface area contributed by atoms with Gasteiger partial charge in [-0.05, 0) is 43.5 Å². The summed E-state index contributed by atoms with van der Waals surface area (Å²) in [4.78, 5) is 32.9. The smallest absolute Gasteiger partial charge is 0.353 e. The van der Waals surface area contributed by atoms with Crippen LogP contribution in [0.3, 0.4) is 0 Å². The van der Waals surface area contributed by atoms with Crippen LogP contribution in [0, 0.1) is 5.92 Å². The summed E-state index contributed by atoms with van der Waals surface area (Å²) in [5, 5.41) is 2.96. The maximum atomic E-state index is 13.3. The molecule has 2 aromatic rings. The summed E-state index contributed by atoms with van der Waals surface area (Å²) in [5.74, 6) is 0.330. The van der Waals surface area contributed by atoms with Crippen molar-refractivity contribution in [1.82, 2.24) is 15.2 Å². The van der Waals surface area contributed by atoms with Gasteiger partial charge in [-0.2, -0.15) is 13.2 Å². The average Bonchev–Trinajstić information content (AvgIpc) is 2.77. The first kappa shape index (κ1) is 24.5. The Morgan fingerprint density at radius 1 is 1.03 bits per heavy atom. The van der Waals surface area contributed by atoms with E-state index in [0.717, 1.165) is 12.5 Å². The van der Waals surface area contributed by atoms with Crippen molar-refractivity contribution in [2.45, 2.75) is 39.4 Å². The van der Waals surface area contributed by atoms with Crippen molar-refractivity contribution in [2.75, 3.05) is 31.1 Å². The van der Waals surface area contributed by atoms with Crippen LogP contribution in [-0.2, 0) is 6.18 Å². The lowest BCUT2D eigenvalue weighted by molar-refractivity contribution is -0.138. The molecular formula is C24H29F3N4O2. The largest absolute Gasteiger partial charge is 0.417 e. The number of alkyl halides is 3. The van der Waals surface area contributed by atoms with E-state index in [9.17, 15) is 22.8 Å². The van der Waals surface area contributed by atoms with Crippen LogP contribution >= 0.6 is 0 Å². The third-order valence-corrected chi connectivity index (χ3v) is 5.57. The van der Waals surface area contributed by atoms with E-state index < -0.39 is 17.6 Å². The molecule has 1 aromatic heterocycles. The fraction of sp³-hybridized carbons (Fsp3) is 0.458. The second-order valence-electron chi connectivity index (χ2n) is 8.73. The zero-order valence-corrected chi connectivity index (χ0v) is 19.0. The minimum absolute atomic E-state index is 0.0604. The topological polar surface area (TPSA) is 65.5 Å². The Hall–Kier alpha value is -3.10. The Balaban J connectivity index is 1.59. The van der Waals surface area contributed by atoms with Gasteiger partial charge in [-0.1, -0.05) is 26.0 Å². The standard InChI is InChI=1S/C24H29F3N4O2/c1-16(2)14-17(3)29-22(32)18-8-9-21(28-15-18)30-10-12-31(13-11-30)23(33)19-6-4-5-7-20(19)24(25,26)27/h4-9,15-17H,10-14H2,1-3H3,(H,29,32). The van der Waals surface area contributed by atoms with E-state index in [1.54, 1.807) is 12.1 Å². The summed E-state index contributed by atoms with van der Waals surface area (Å²) in [6, 6.07) is 8.36. The molecule has 1 fully saturated rings. The van der Waals surface area contributed by atoms with Crippen molar-refractivity contribution in [1.29, 1.82) is 0 Å². The molecule has 0 radical (unpaired) electrons. The Bertz CT molecular complexity index is 968. The molecule has 33 heavy (non-hydrogen) atoms. The van der Waals surface area contributed by atoms with Crippen LogP contribution in [0.25, 0.3) is 0 Å². The number of aromatic nitrogens is 1. The minimum Gasteiger partial charge on any atom is -0.353 e. The predicted molar refractivity (Wildman–Crippen MR) is 120 cm³/mol. The molecule has 1 N–H and O–H groups in total. The van der Waals surface area contributed by atoms with Crippen molar-refractivity contribution in [2.24, 2.45) is 5.92 Å². The number of hydrogen-bond donors (Lipinski definition) is 1. The number of amides is 2. The second-order valence-corrected chi connectivity index (χ2v) is 8.73. The highest BCUT2D eigenvalue weighted by atomic mass is 19.4. The third-order valence-electron chi connectivity index (χ3n) is 5.57. The molecule has 0 saturated carbocycles. The van der Waals surface area contributed by atoms with E-state index in [2.05, 4.69) is 24.1 Å². The number of nitrogens with one attached hydrogen (secondary N) is 1. The van der Waals surface area contributed by atoms with Gasteiger partial charge in [0, 0.05) is 38.4 Å². The molecule has 1 aromatic carbocycles. The third kappa shape index (κ3) is 6.24. The van der Waals surface area contributed by atoms with Crippen molar-refractivity contribution in [3.63, 3.8) is 0 Å². The van der Waals surface area contributed by atoms with Crippen molar-refractivity contribution < 1.29 is 22.8 Å². The molecule has 1 aliphatic heterocycles. The van der Waals surface area contributed by atoms with Crippen LogP contribution < -0.4 is 10.2 Å². The summed E-state index contributed by atoms with van der Waals surface area (Å²) in [6.07, 6.45) is -2.18. The van der Waals surface area contributed by atoms with Gasteiger partial charge in [-0.3, -0.25) is 9.59 Å². The van der Waals surface area contributed by atoms with Gasteiger partial charge in [0.25, 0.3) is 11.8 Å². The van der Waals surface area contributed by atoms with Gasteiger partial charge in [0.1, 0.15) is 5.82 Å². The number of halogens is 3. The molecule has 0 spiro atoms. The number of rotatable bonds is 6. The number of pyridine rings is 1. The maximum absolute atomic E-state index is 13.3. The zero-order chi connectivity index (χ0) is 24.2. The quantitative estimate of drug-likeness (QED) is 0.698. The molecule has 1 aliphatic rings. The number of anilines is 1. The molecule has 178 valence electrons. The van der Waals surface area contributed by atoms with Gasteiger partial charge in [-0.15, -0.1) is 0 Å². The molecule has 3 rings (SSSR count). The normalized spacial score (nSPS) is 15.5. The van der Waals surface area contributed by atoms with Gasteiger partial charge >= 0.3 is 6.18 Å². The van der Waals surface area contributed by atoms with Gasteiger partial charge < -0.3 is 15.1 Å². The molecule has 2 amide bonds. The molecule has 1 atom stereocenters. The summed E-state index contributed by atoms with van der Waals surface area (Å²) in [5.41, 5.74) is -0.791. The minimum atomic E-state index is -4.58. The molecule has 1 unspecified atom stereocenters. The van der Waals surface area contributed by atoms with Gasteiger partial charge in [0.05, 0.1) is 16.7 Å². The Morgan fingerprint density at radius 3 is 2.27 bits per heavy atom. The summed E-state index contributed by atoms with van der Waals surface area (Å²) >= 11 is 0. The van der Waals surface area contributed by atoms with Crippen LogP contribution in [0.1, 0.15) is 53.5 Å². The van der Waals surface area contributed by atoms with Crippen LogP contribution in [-0.4, -0.2) is 53.9 Å². The summed E-state index contributed by atoms with van der Waals surface area (Å²) in [7, 11) is 0. The van der Waals surface area contributed by atoms with Gasteiger partial charge in [-0.25, -0.2) is 4.98 Å². The number of hydrogen-bond acceptors (Lipinski definition) is 4. The van der Waals surface area contributed by atoms with Crippen LogP contribution in [0.4, 0.5) is 19.0 Å². The number of nitrogens with zero attached hydrogens (tertiary/aromatic N) is 3. The number of carbonyl (C=O) groups is 2. The van der Waals surface area contributed by atoms with Crippen LogP contribution in [0.15, 0.2) is 42.6 Å². The monoisotopic (exact) mass is 462 g/mol. The summed E-state index contributed by atoms with van der Waals surface area (Å²) in [6.45, 7) is 7.59. The van der Waals surface area contributed by atoms with E-state index in [-0.39, 0.29) is 30.6 Å². The molecular weight excluding hydrogens is 433 g/mol. The molecule has 0 bridgehead atoms. The zero-order valence-electron chi connectivity index (χ0n) is 19.0. The van der Waals surface area contributed by atoms with Gasteiger partial charge in [0.15, 0.2) is 0 Å². The highest BCUT2D eigenvalue weighted by Gasteiger charge is 2.36. The fourth-order valence-electron chi connectivity index (χ4n) is 4.01. The molecule has 9 heteroatoms. The number of piperazine rings is 1. The second kappa shape index (κ2) is 10.2. The average molecular weight is 463 g/mol. The molecule has 6 nitrogen and oxygen atoms in total. The van der Waals surface area contributed by atoms with E-state index in [1.165, 1.54) is 29.3 Å². The highest BCUT2D eigenvalue weighted by molar-refractivity contribution is 5.96. The summed E-state index contributed by atoms with van der Waals surface area (Å²) < 4.78 is 39.8. The Kier molecular flexibility index (Phi) is 7.61. The first-order valence-electron chi connectivity index (χ1n) is 11.0. The van der Waals surface area contributed by atoms with Crippen LogP contribution in [0.2, 0.25) is 0 Å². The fourth-order valence-corrected chi connectivity index (χ4v) is 4.01. The van der Waals surface area contributed by atoms with E-state index in [4.69, 9.17) is 0 Å². The molecule has 2 heterocycles. The predicted octanol–water partition coefficient (Wildman–Crippen LogP) is 4.23. The number of benzene rings is 1. The lowest BCUT2D eigenvalue weighted by Gasteiger charge is -2.35. The first-order valence-corrected chi connectivity index (χ1v) is 11.0. The van der Waals surface area contributed by atoms with Gasteiger partial charge in [0.2, 0.25) is 0 Å². The van der Waals surface area contributed by atoms with Crippen molar-refractivity contribution in [3.8, 4) is 0 Å². The first-order chi connectivity index (χ1) is 15.6. The number of carbonyl (C=O) groups excluding carboxylic acids is 2. The SMILES string of the molecule is CC(C)CC(C)NC(=O)c1ccc(N2CCN(C(=O)c3ccccc3C(F)(F)F)CC2)nc1. The maximum Gasteiger partial charge on any atom is 0.417 e. The highest BCUT2D eigenvalue weighted by Crippen LogP contribution is 2.32.